The fourth-order valence-corrected chi connectivity index (χ4v) is 5.82. The monoisotopic (exact) mass is 732 g/mol. The average molecular weight is 733 g/mol. The molecule has 0 spiro atoms. The number of nitrogens with zero attached hydrogens (tertiary/aromatic N) is 1. The van der Waals surface area contributed by atoms with E-state index >= 15 is 0 Å². The third-order valence-corrected chi connectivity index (χ3v) is 8.69. The van der Waals surface area contributed by atoms with Crippen molar-refractivity contribution in [1.82, 2.24) is 20.9 Å². The molecule has 5 N–H and O–H groups in total. The summed E-state index contributed by atoms with van der Waals surface area (Å²) in [4.78, 5) is 57.2. The number of esters is 1. The van der Waals surface area contributed by atoms with Crippen molar-refractivity contribution in [3.8, 4) is 0 Å². The lowest BCUT2D eigenvalue weighted by Crippen LogP contribution is -2.60. The van der Waals surface area contributed by atoms with E-state index in [1.807, 2.05) is 74.5 Å². The van der Waals surface area contributed by atoms with Gasteiger partial charge in [0.25, 0.3) is 0 Å². The highest BCUT2D eigenvalue weighted by atomic mass is 16.6. The van der Waals surface area contributed by atoms with Crippen molar-refractivity contribution in [2.45, 2.75) is 110 Å². The number of aliphatic hydroxyl groups excluding tert-OH is 2. The minimum Gasteiger partial charge on any atom is -0.460 e. The number of rotatable bonds is 18. The molecule has 2 aromatic carbocycles. The molecule has 6 atom stereocenters. The molecule has 3 aromatic rings. The van der Waals surface area contributed by atoms with Crippen molar-refractivity contribution in [2.75, 3.05) is 0 Å². The number of hydrogen-bond acceptors (Lipinski definition) is 9. The summed E-state index contributed by atoms with van der Waals surface area (Å²) in [6, 6.07) is 18.7. The number of pyridine rings is 1. The van der Waals surface area contributed by atoms with Gasteiger partial charge >= 0.3 is 12.1 Å². The first kappa shape index (κ1) is 42.6. The first-order chi connectivity index (χ1) is 25.0. The van der Waals surface area contributed by atoms with Gasteiger partial charge in [-0.3, -0.25) is 19.4 Å². The number of benzene rings is 2. The second-order valence-corrected chi connectivity index (χ2v) is 15.0. The van der Waals surface area contributed by atoms with Gasteiger partial charge in [-0.25, -0.2) is 4.79 Å². The van der Waals surface area contributed by atoms with Crippen LogP contribution in [0.25, 0.3) is 0 Å². The van der Waals surface area contributed by atoms with Crippen LogP contribution in [0.1, 0.15) is 71.6 Å². The average Bonchev–Trinajstić information content (AvgIpc) is 3.11. The van der Waals surface area contributed by atoms with Crippen molar-refractivity contribution < 1.29 is 38.9 Å². The maximum absolute atomic E-state index is 13.8. The number of hydrogen-bond donors (Lipinski definition) is 5. The molecule has 0 aliphatic carbocycles. The van der Waals surface area contributed by atoms with Gasteiger partial charge in [-0.15, -0.1) is 0 Å². The lowest BCUT2D eigenvalue weighted by atomic mass is 9.88. The molecule has 12 nitrogen and oxygen atoms in total. The molecule has 0 saturated carbocycles. The Balaban J connectivity index is 1.87. The van der Waals surface area contributed by atoms with E-state index in [4.69, 9.17) is 9.47 Å². The fraction of sp³-hybridized carbons (Fsp3) is 0.488. The third kappa shape index (κ3) is 14.6. The Morgan fingerprint density at radius 1 is 0.698 bits per heavy atom. The minimum absolute atomic E-state index is 0.0440. The summed E-state index contributed by atoms with van der Waals surface area (Å²) < 4.78 is 10.8. The predicted molar refractivity (Wildman–Crippen MR) is 201 cm³/mol. The normalized spacial score (nSPS) is 15.0. The summed E-state index contributed by atoms with van der Waals surface area (Å²) in [7, 11) is 0. The van der Waals surface area contributed by atoms with E-state index in [9.17, 15) is 29.4 Å². The SMILES string of the molecule is CC(C)C(CC(=O)OC(C)(C)C)C(=O)N[C@@H](Cc1ccccc1)[C@H](O)[C@H](O)[C@H](Cc1ccccc1)NC(=O)[C@@H](NC(=O)OCc1cccnc1)C(C)C. The lowest BCUT2D eigenvalue weighted by Gasteiger charge is -2.35. The second-order valence-electron chi connectivity index (χ2n) is 15.0. The highest BCUT2D eigenvalue weighted by Gasteiger charge is 2.38. The van der Waals surface area contributed by atoms with E-state index in [0.717, 1.165) is 11.1 Å². The van der Waals surface area contributed by atoms with Crippen molar-refractivity contribution in [3.05, 3.63) is 102 Å². The van der Waals surface area contributed by atoms with Gasteiger partial charge in [-0.05, 0) is 62.6 Å². The minimum atomic E-state index is -1.58. The standard InChI is InChI=1S/C41H56N4O8/c1-26(2)31(23-34(46)53-41(5,6)7)38(49)43-32(21-28-15-10-8-11-16-28)36(47)37(48)33(22-29-17-12-9-13-18-29)44-39(50)35(27(3)4)45-40(51)52-25-30-19-14-20-42-24-30/h8-20,24,26-27,31-33,35-37,47-48H,21-23,25H2,1-7H3,(H,43,49)(H,44,50)(H,45,51)/t31?,32-,33-,35-,36-,37+/m0/s1. The van der Waals surface area contributed by atoms with Crippen LogP contribution in [0.5, 0.6) is 0 Å². The zero-order chi connectivity index (χ0) is 39.1. The van der Waals surface area contributed by atoms with E-state index in [1.54, 1.807) is 59.1 Å². The summed E-state index contributed by atoms with van der Waals surface area (Å²) in [5.74, 6) is -2.98. The van der Waals surface area contributed by atoms with Crippen LogP contribution in [0.4, 0.5) is 4.79 Å². The molecule has 0 saturated heterocycles. The molecule has 0 bridgehead atoms. The van der Waals surface area contributed by atoms with Crippen LogP contribution in [0, 0.1) is 17.8 Å². The summed E-state index contributed by atoms with van der Waals surface area (Å²) in [6.07, 6.45) is -0.685. The molecule has 288 valence electrons. The molecule has 0 radical (unpaired) electrons. The molecule has 0 aliphatic heterocycles. The quantitative estimate of drug-likeness (QED) is 0.118. The molecule has 0 fully saturated rings. The number of aliphatic hydroxyl groups is 2. The van der Waals surface area contributed by atoms with Crippen LogP contribution < -0.4 is 16.0 Å². The highest BCUT2D eigenvalue weighted by molar-refractivity contribution is 5.86. The first-order valence-electron chi connectivity index (χ1n) is 18.1. The van der Waals surface area contributed by atoms with Gasteiger partial charge in [0.05, 0.1) is 24.4 Å². The maximum atomic E-state index is 13.8. The molecule has 0 aliphatic rings. The number of amides is 3. The Labute approximate surface area is 313 Å². The molecule has 3 amide bonds. The third-order valence-electron chi connectivity index (χ3n) is 8.69. The van der Waals surface area contributed by atoms with Gasteiger partial charge in [-0.2, -0.15) is 0 Å². The zero-order valence-electron chi connectivity index (χ0n) is 31.8. The Kier molecular flexibility index (Phi) is 16.4. The maximum Gasteiger partial charge on any atom is 0.408 e. The van der Waals surface area contributed by atoms with Crippen molar-refractivity contribution in [2.24, 2.45) is 17.8 Å². The van der Waals surface area contributed by atoms with Crippen LogP contribution in [-0.2, 0) is 43.3 Å². The number of ether oxygens (including phenoxy) is 2. The summed E-state index contributed by atoms with van der Waals surface area (Å²) >= 11 is 0. The number of alkyl carbamates (subject to hydrolysis) is 1. The fourth-order valence-electron chi connectivity index (χ4n) is 5.82. The van der Waals surface area contributed by atoms with Crippen molar-refractivity contribution >= 4 is 23.9 Å². The molecular weight excluding hydrogens is 676 g/mol. The summed E-state index contributed by atoms with van der Waals surface area (Å²) in [6.45, 7) is 12.4. The lowest BCUT2D eigenvalue weighted by molar-refractivity contribution is -0.158. The van der Waals surface area contributed by atoms with Gasteiger partial charge in [-0.1, -0.05) is 94.4 Å². The van der Waals surface area contributed by atoms with E-state index in [-0.39, 0.29) is 37.7 Å². The number of carbonyl (C=O) groups is 4. The number of carbonyl (C=O) groups excluding carboxylic acids is 4. The topological polar surface area (TPSA) is 176 Å². The Bertz CT molecular complexity index is 1580. The van der Waals surface area contributed by atoms with Crippen LogP contribution in [0.15, 0.2) is 85.2 Å². The van der Waals surface area contributed by atoms with Crippen LogP contribution >= 0.6 is 0 Å². The van der Waals surface area contributed by atoms with Crippen LogP contribution in [0.2, 0.25) is 0 Å². The zero-order valence-corrected chi connectivity index (χ0v) is 31.8. The van der Waals surface area contributed by atoms with Crippen LogP contribution in [-0.4, -0.2) is 75.0 Å². The second kappa shape index (κ2) is 20.4. The smallest absolute Gasteiger partial charge is 0.408 e. The highest BCUT2D eigenvalue weighted by Crippen LogP contribution is 2.21. The Morgan fingerprint density at radius 3 is 1.66 bits per heavy atom. The van der Waals surface area contributed by atoms with Gasteiger partial charge < -0.3 is 35.6 Å². The molecule has 12 heteroatoms. The summed E-state index contributed by atoms with van der Waals surface area (Å²) in [5, 5.41) is 32.2. The molecule has 1 heterocycles. The predicted octanol–water partition coefficient (Wildman–Crippen LogP) is 4.51. The largest absolute Gasteiger partial charge is 0.460 e. The number of aromatic nitrogens is 1. The van der Waals surface area contributed by atoms with Crippen molar-refractivity contribution in [3.63, 3.8) is 0 Å². The van der Waals surface area contributed by atoms with E-state index in [0.29, 0.717) is 5.56 Å². The van der Waals surface area contributed by atoms with E-state index in [1.165, 1.54) is 0 Å². The molecule has 1 aromatic heterocycles. The van der Waals surface area contributed by atoms with E-state index in [2.05, 4.69) is 20.9 Å². The molecule has 1 unspecified atom stereocenters. The summed E-state index contributed by atoms with van der Waals surface area (Å²) in [5.41, 5.74) is 1.51. The number of nitrogens with one attached hydrogen (secondary N) is 3. The molecule has 3 rings (SSSR count). The Hall–Kier alpha value is -4.81. The van der Waals surface area contributed by atoms with Crippen molar-refractivity contribution in [1.29, 1.82) is 0 Å². The molecular formula is C41H56N4O8. The van der Waals surface area contributed by atoms with E-state index < -0.39 is 65.7 Å². The van der Waals surface area contributed by atoms with Gasteiger partial charge in [0.1, 0.15) is 30.5 Å². The van der Waals surface area contributed by atoms with Gasteiger partial charge in [0.2, 0.25) is 11.8 Å². The Morgan fingerprint density at radius 2 is 1.21 bits per heavy atom. The van der Waals surface area contributed by atoms with Gasteiger partial charge in [0, 0.05) is 18.0 Å². The first-order valence-corrected chi connectivity index (χ1v) is 18.1. The van der Waals surface area contributed by atoms with Gasteiger partial charge in [0.15, 0.2) is 0 Å². The molecule has 53 heavy (non-hydrogen) atoms. The van der Waals surface area contributed by atoms with Crippen LogP contribution in [0.3, 0.4) is 0 Å².